The lowest BCUT2D eigenvalue weighted by atomic mass is 9.94. The Bertz CT molecular complexity index is 2820. The largest absolute Gasteiger partial charge is 0.484 e. The van der Waals surface area contributed by atoms with Crippen molar-refractivity contribution in [2.75, 3.05) is 13.2 Å². The standard InChI is InChI=1S/C58H55N3O5.3H2/c1-3-4-22-53(57(63)60-55(39-15-6-5-7-16-39)40-26-23-37(24-27-40)42-32-50-36(2)51(50)33-42)59-54(62)35-65-43-29-30-45-41(31-43)28-25-38-14-8-9-17-44(38)56(45)61-58(64)66-34-52-48-20-12-10-18-46(48)47-19-11-13-21-49(47)52;;;/h5-21,23-24,26-27,29-33,36,50,52-53,55-56H,3-4,22,25,28,34-35H2,1-2H3,(H,59,62)(H,60,63)(H,61,64);3*1H/t36?,50-,53?,55?,56?;;;/m0.../s1. The second-order valence-electron chi connectivity index (χ2n) is 18.1. The van der Waals surface area contributed by atoms with Gasteiger partial charge in [0.15, 0.2) is 6.61 Å². The van der Waals surface area contributed by atoms with Gasteiger partial charge in [0.25, 0.3) is 5.91 Å². The summed E-state index contributed by atoms with van der Waals surface area (Å²) in [5.74, 6) is 1.11. The highest BCUT2D eigenvalue weighted by atomic mass is 16.5. The highest BCUT2D eigenvalue weighted by Gasteiger charge is 2.41. The van der Waals surface area contributed by atoms with Crippen LogP contribution in [-0.4, -0.2) is 37.2 Å². The van der Waals surface area contributed by atoms with Crippen molar-refractivity contribution in [1.82, 2.24) is 16.0 Å². The van der Waals surface area contributed by atoms with Gasteiger partial charge < -0.3 is 25.4 Å². The summed E-state index contributed by atoms with van der Waals surface area (Å²) in [6, 6.07) is 47.4. The van der Waals surface area contributed by atoms with Gasteiger partial charge in [0.2, 0.25) is 5.91 Å². The Morgan fingerprint density at radius 2 is 1.36 bits per heavy atom. The normalized spacial score (nSPS) is 18.4. The van der Waals surface area contributed by atoms with E-state index in [0.29, 0.717) is 24.0 Å². The van der Waals surface area contributed by atoms with E-state index >= 15 is 0 Å². The Hall–Kier alpha value is -7.19. The number of alkyl carbamates (subject to hydrolysis) is 1. The molecule has 8 heteroatoms. The fraction of sp³-hybridized carbons (Fsp3) is 0.259. The van der Waals surface area contributed by atoms with Gasteiger partial charge in [-0.15, -0.1) is 0 Å². The van der Waals surface area contributed by atoms with Gasteiger partial charge >= 0.3 is 6.09 Å². The predicted octanol–water partition coefficient (Wildman–Crippen LogP) is 11.7. The molecule has 5 atom stereocenters. The van der Waals surface area contributed by atoms with Crippen LogP contribution in [0.25, 0.3) is 16.7 Å². The summed E-state index contributed by atoms with van der Waals surface area (Å²) in [4.78, 5) is 41.5. The smallest absolute Gasteiger partial charge is 0.407 e. The topological polar surface area (TPSA) is 106 Å². The molecule has 10 rings (SSSR count). The average molecular weight is 880 g/mol. The van der Waals surface area contributed by atoms with Gasteiger partial charge in [0, 0.05) is 16.1 Å². The molecule has 66 heavy (non-hydrogen) atoms. The highest BCUT2D eigenvalue weighted by molar-refractivity contribution is 5.89. The van der Waals surface area contributed by atoms with E-state index in [1.54, 1.807) is 0 Å². The van der Waals surface area contributed by atoms with Crippen LogP contribution < -0.4 is 20.7 Å². The number of allylic oxidation sites excluding steroid dienone is 4. The molecule has 3 N–H and O–H groups in total. The number of carbonyl (C=O) groups is 3. The fourth-order valence-electron chi connectivity index (χ4n) is 10.3. The number of amides is 3. The van der Waals surface area contributed by atoms with Crippen LogP contribution >= 0.6 is 0 Å². The Labute approximate surface area is 391 Å². The van der Waals surface area contributed by atoms with E-state index in [4.69, 9.17) is 9.47 Å². The van der Waals surface area contributed by atoms with Gasteiger partial charge in [-0.2, -0.15) is 0 Å². The number of benzene rings is 6. The second kappa shape index (κ2) is 18.7. The van der Waals surface area contributed by atoms with Gasteiger partial charge in [-0.3, -0.25) is 9.59 Å². The minimum Gasteiger partial charge on any atom is -0.484 e. The Kier molecular flexibility index (Phi) is 12.1. The van der Waals surface area contributed by atoms with Crippen LogP contribution in [0.5, 0.6) is 5.75 Å². The molecule has 4 aliphatic carbocycles. The Balaban J connectivity index is 0.00000234. The van der Waals surface area contributed by atoms with Gasteiger partial charge in [0.1, 0.15) is 18.4 Å². The quantitative estimate of drug-likeness (QED) is 0.0953. The number of nitrogens with one attached hydrogen (secondary N) is 3. The van der Waals surface area contributed by atoms with E-state index in [2.05, 4.69) is 103 Å². The molecule has 1 saturated carbocycles. The molecule has 0 aromatic heterocycles. The van der Waals surface area contributed by atoms with Crippen molar-refractivity contribution in [2.24, 2.45) is 11.8 Å². The van der Waals surface area contributed by atoms with E-state index in [1.807, 2.05) is 84.9 Å². The Morgan fingerprint density at radius 3 is 2.08 bits per heavy atom. The monoisotopic (exact) mass is 879 g/mol. The van der Waals surface area contributed by atoms with Crippen LogP contribution in [0, 0.1) is 11.8 Å². The zero-order valence-corrected chi connectivity index (χ0v) is 37.5. The molecule has 0 bridgehead atoms. The molecule has 4 aliphatic rings. The van der Waals surface area contributed by atoms with E-state index < -0.39 is 24.2 Å². The molecule has 0 heterocycles. The first-order chi connectivity index (χ1) is 32.3. The van der Waals surface area contributed by atoms with Crippen molar-refractivity contribution in [2.45, 2.75) is 70.0 Å². The number of rotatable bonds is 15. The van der Waals surface area contributed by atoms with Crippen LogP contribution in [-0.2, 0) is 27.2 Å². The SMILES string of the molecule is CCCCC(NC(=O)COc1ccc2c(c1)CCc1ccccc1C2NC(=O)OCC1c2ccccc2-c2ccccc21)C(=O)NC(c1ccccc1)c1ccc(C2=C[C@@H]3C(=C2)C3C)cc1.[HH].[HH].[HH]. The number of aryl methyl sites for hydroxylation is 2. The number of hydrogen-bond donors (Lipinski definition) is 3. The summed E-state index contributed by atoms with van der Waals surface area (Å²) in [6.45, 7) is 4.30. The zero-order chi connectivity index (χ0) is 45.1. The first-order valence-electron chi connectivity index (χ1n) is 23.5. The number of ether oxygens (including phenoxy) is 2. The maximum absolute atomic E-state index is 14.1. The molecule has 6 aromatic carbocycles. The van der Waals surface area contributed by atoms with Crippen molar-refractivity contribution >= 4 is 23.5 Å². The number of hydrogen-bond acceptors (Lipinski definition) is 5. The molecule has 6 aromatic rings. The summed E-state index contributed by atoms with van der Waals surface area (Å²) in [6.07, 6.45) is 7.81. The van der Waals surface area contributed by atoms with Crippen LogP contribution in [0.4, 0.5) is 4.79 Å². The third-order valence-corrected chi connectivity index (χ3v) is 13.9. The molecule has 0 aliphatic heterocycles. The summed E-state index contributed by atoms with van der Waals surface area (Å²) in [7, 11) is 0. The number of fused-ring (bicyclic) bond motifs is 6. The summed E-state index contributed by atoms with van der Waals surface area (Å²) < 4.78 is 12.1. The minimum absolute atomic E-state index is 0. The molecule has 4 unspecified atom stereocenters. The molecule has 0 radical (unpaired) electrons. The molecular formula is C58H61N3O5. The maximum Gasteiger partial charge on any atom is 0.407 e. The molecule has 1 fully saturated rings. The predicted molar refractivity (Wildman–Crippen MR) is 265 cm³/mol. The Morgan fingerprint density at radius 1 is 0.712 bits per heavy atom. The molecule has 0 spiro atoms. The lowest BCUT2D eigenvalue weighted by Gasteiger charge is -2.25. The number of carbonyl (C=O) groups excluding carboxylic acids is 3. The van der Waals surface area contributed by atoms with Crippen LogP contribution in [0.2, 0.25) is 0 Å². The lowest BCUT2D eigenvalue weighted by molar-refractivity contribution is -0.130. The number of unbranched alkanes of at least 4 members (excludes halogenated alkanes) is 1. The lowest BCUT2D eigenvalue weighted by Crippen LogP contribution is -2.49. The van der Waals surface area contributed by atoms with Crippen LogP contribution in [0.3, 0.4) is 0 Å². The van der Waals surface area contributed by atoms with Gasteiger partial charge in [-0.1, -0.05) is 178 Å². The van der Waals surface area contributed by atoms with E-state index in [-0.39, 0.29) is 35.2 Å². The summed E-state index contributed by atoms with van der Waals surface area (Å²) >= 11 is 0. The van der Waals surface area contributed by atoms with Gasteiger partial charge in [-0.05, 0) is 104 Å². The van der Waals surface area contributed by atoms with Crippen molar-refractivity contribution in [3.05, 3.63) is 213 Å². The van der Waals surface area contributed by atoms with E-state index in [9.17, 15) is 14.4 Å². The fourth-order valence-corrected chi connectivity index (χ4v) is 10.3. The molecule has 338 valence electrons. The average Bonchev–Trinajstić information content (AvgIpc) is 3.62. The van der Waals surface area contributed by atoms with E-state index in [1.165, 1.54) is 27.8 Å². The maximum atomic E-state index is 14.1. The minimum atomic E-state index is -0.745. The van der Waals surface area contributed by atoms with Crippen molar-refractivity contribution in [3.63, 3.8) is 0 Å². The summed E-state index contributed by atoms with van der Waals surface area (Å²) in [5, 5.41) is 9.48. The highest BCUT2D eigenvalue weighted by Crippen LogP contribution is 2.53. The third kappa shape index (κ3) is 8.80. The molecular weight excluding hydrogens is 819 g/mol. The van der Waals surface area contributed by atoms with Gasteiger partial charge in [-0.25, -0.2) is 4.79 Å². The van der Waals surface area contributed by atoms with Crippen LogP contribution in [0.15, 0.2) is 163 Å². The first-order valence-corrected chi connectivity index (χ1v) is 23.5. The van der Waals surface area contributed by atoms with Crippen molar-refractivity contribution in [3.8, 4) is 16.9 Å². The molecule has 3 amide bonds. The molecule has 8 nitrogen and oxygen atoms in total. The molecule has 0 saturated heterocycles. The zero-order valence-electron chi connectivity index (χ0n) is 37.5. The van der Waals surface area contributed by atoms with E-state index in [0.717, 1.165) is 70.2 Å². The van der Waals surface area contributed by atoms with Gasteiger partial charge in [0.05, 0.1) is 12.1 Å². The third-order valence-electron chi connectivity index (χ3n) is 13.9. The van der Waals surface area contributed by atoms with Crippen LogP contribution in [0.1, 0.15) is 105 Å². The van der Waals surface area contributed by atoms with Crippen molar-refractivity contribution in [1.29, 1.82) is 0 Å². The van der Waals surface area contributed by atoms with Crippen molar-refractivity contribution < 1.29 is 28.1 Å². The second-order valence-corrected chi connectivity index (χ2v) is 18.1. The first kappa shape index (κ1) is 42.7. The summed E-state index contributed by atoms with van der Waals surface area (Å²) in [5.41, 5.74) is 14.7.